The maximum Gasteiger partial charge on any atom is 0.335 e. The number of rotatable bonds is 4. The Morgan fingerprint density at radius 3 is 2.80 bits per heavy atom. The number of benzene rings is 1. The number of aromatic carboxylic acids is 1. The molecule has 1 N–H and O–H groups in total. The van der Waals surface area contributed by atoms with Gasteiger partial charge in [-0.25, -0.2) is 14.6 Å². The van der Waals surface area contributed by atoms with Gasteiger partial charge in [-0.05, 0) is 32.0 Å². The molecule has 0 radical (unpaired) electrons. The van der Waals surface area contributed by atoms with Gasteiger partial charge in [-0.1, -0.05) is 15.9 Å². The predicted octanol–water partition coefficient (Wildman–Crippen LogP) is 2.70. The molecule has 6 nitrogen and oxygen atoms in total. The fourth-order valence-electron chi connectivity index (χ4n) is 1.62. The maximum absolute atomic E-state index is 11.9. The van der Waals surface area contributed by atoms with Gasteiger partial charge in [0.25, 0.3) is 0 Å². The molecule has 1 aromatic heterocycles. The molecule has 2 rings (SSSR count). The summed E-state index contributed by atoms with van der Waals surface area (Å²) in [7, 11) is 0. The summed E-state index contributed by atoms with van der Waals surface area (Å²) in [5, 5.41) is 8.93. The fourth-order valence-corrected chi connectivity index (χ4v) is 1.90. The summed E-state index contributed by atoms with van der Waals surface area (Å²) in [5.41, 5.74) is 0.875. The highest BCUT2D eigenvalue weighted by Gasteiger charge is 2.39. The number of hydrogen-bond donors (Lipinski definition) is 1. The van der Waals surface area contributed by atoms with Crippen LogP contribution in [-0.2, 0) is 13.9 Å². The number of nitrogens with zero attached hydrogens (tertiary/aromatic N) is 1. The lowest BCUT2D eigenvalue weighted by molar-refractivity contribution is -0.146. The molecule has 0 aliphatic rings. The Bertz CT molecular complexity index is 676. The van der Waals surface area contributed by atoms with Crippen molar-refractivity contribution in [3.63, 3.8) is 0 Å². The Hall–Kier alpha value is -1.89. The van der Waals surface area contributed by atoms with Crippen LogP contribution >= 0.6 is 15.9 Å². The van der Waals surface area contributed by atoms with Gasteiger partial charge in [-0.15, -0.1) is 0 Å². The van der Waals surface area contributed by atoms with Gasteiger partial charge >= 0.3 is 11.9 Å². The number of aromatic nitrogens is 1. The summed E-state index contributed by atoms with van der Waals surface area (Å²) in [4.78, 5) is 26.9. The highest BCUT2D eigenvalue weighted by atomic mass is 79.9. The van der Waals surface area contributed by atoms with Crippen LogP contribution in [0.5, 0.6) is 0 Å². The number of ether oxygens (including phenoxy) is 1. The predicted molar refractivity (Wildman–Crippen MR) is 73.9 cm³/mol. The van der Waals surface area contributed by atoms with Gasteiger partial charge in [-0.3, -0.25) is 0 Å². The van der Waals surface area contributed by atoms with Crippen LogP contribution in [0.15, 0.2) is 22.6 Å². The third-order valence-corrected chi connectivity index (χ3v) is 3.36. The summed E-state index contributed by atoms with van der Waals surface area (Å²) in [6, 6.07) is 4.30. The van der Waals surface area contributed by atoms with Crippen LogP contribution in [0.3, 0.4) is 0 Å². The van der Waals surface area contributed by atoms with Crippen molar-refractivity contribution < 1.29 is 23.8 Å². The summed E-state index contributed by atoms with van der Waals surface area (Å²) in [6.07, 6.45) is 0. The van der Waals surface area contributed by atoms with Crippen LogP contribution < -0.4 is 0 Å². The van der Waals surface area contributed by atoms with Gasteiger partial charge in [0.1, 0.15) is 5.52 Å². The van der Waals surface area contributed by atoms with E-state index in [1.54, 1.807) is 13.8 Å². The van der Waals surface area contributed by atoms with Crippen LogP contribution in [0, 0.1) is 0 Å². The molecule has 106 valence electrons. The van der Waals surface area contributed by atoms with Crippen molar-refractivity contribution in [3.05, 3.63) is 29.7 Å². The summed E-state index contributed by atoms with van der Waals surface area (Å²) < 4.78 is 9.21. The average Bonchev–Trinajstić information content (AvgIpc) is 2.82. The van der Waals surface area contributed by atoms with E-state index in [-0.39, 0.29) is 18.1 Å². The first-order chi connectivity index (χ1) is 9.36. The van der Waals surface area contributed by atoms with Crippen molar-refractivity contribution in [2.24, 2.45) is 0 Å². The molecule has 1 aromatic carbocycles. The van der Waals surface area contributed by atoms with Crippen LogP contribution in [0.1, 0.15) is 30.1 Å². The molecule has 0 amide bonds. The SMILES string of the molecule is CCOC(=O)C(C)(Br)c1nc2cc(C(=O)O)ccc2o1. The number of esters is 1. The average molecular weight is 342 g/mol. The molecule has 0 aliphatic carbocycles. The number of carbonyl (C=O) groups is 2. The van der Waals surface area contributed by atoms with Gasteiger partial charge in [0.15, 0.2) is 9.91 Å². The first kappa shape index (κ1) is 14.5. The Labute approximate surface area is 122 Å². The Morgan fingerprint density at radius 1 is 1.50 bits per heavy atom. The van der Waals surface area contributed by atoms with Gasteiger partial charge in [0, 0.05) is 0 Å². The zero-order chi connectivity index (χ0) is 14.9. The van der Waals surface area contributed by atoms with Crippen molar-refractivity contribution in [1.82, 2.24) is 4.98 Å². The molecule has 0 aliphatic heterocycles. The van der Waals surface area contributed by atoms with E-state index in [0.29, 0.717) is 11.1 Å². The highest BCUT2D eigenvalue weighted by molar-refractivity contribution is 9.10. The van der Waals surface area contributed by atoms with Gasteiger partial charge in [-0.2, -0.15) is 0 Å². The Balaban J connectivity index is 2.46. The van der Waals surface area contributed by atoms with Crippen molar-refractivity contribution in [2.45, 2.75) is 18.2 Å². The molecule has 20 heavy (non-hydrogen) atoms. The molecule has 1 heterocycles. The number of fused-ring (bicyclic) bond motifs is 1. The quantitative estimate of drug-likeness (QED) is 0.679. The van der Waals surface area contributed by atoms with Gasteiger partial charge in [0.05, 0.1) is 12.2 Å². The molecule has 7 heteroatoms. The highest BCUT2D eigenvalue weighted by Crippen LogP contribution is 2.34. The van der Waals surface area contributed by atoms with Crippen LogP contribution in [-0.4, -0.2) is 28.6 Å². The second-order valence-electron chi connectivity index (χ2n) is 4.23. The van der Waals surface area contributed by atoms with E-state index >= 15 is 0 Å². The van der Waals surface area contributed by atoms with Crippen LogP contribution in [0.2, 0.25) is 0 Å². The fraction of sp³-hybridized carbons (Fsp3) is 0.308. The van der Waals surface area contributed by atoms with Gasteiger partial charge in [0.2, 0.25) is 5.89 Å². The molecular formula is C13H12BrNO5. The third kappa shape index (κ3) is 2.53. The Kier molecular flexibility index (Phi) is 3.80. The van der Waals surface area contributed by atoms with E-state index in [9.17, 15) is 9.59 Å². The third-order valence-electron chi connectivity index (χ3n) is 2.69. The topological polar surface area (TPSA) is 89.6 Å². The number of carboxylic acids is 1. The van der Waals surface area contributed by atoms with Crippen molar-refractivity contribution in [1.29, 1.82) is 0 Å². The second kappa shape index (κ2) is 5.24. The molecule has 0 fully saturated rings. The second-order valence-corrected chi connectivity index (χ2v) is 5.82. The normalized spacial score (nSPS) is 13.9. The minimum Gasteiger partial charge on any atom is -0.478 e. The standard InChI is InChI=1S/C13H12BrNO5/c1-3-19-12(18)13(2,14)11-15-8-6-7(10(16)17)4-5-9(8)20-11/h4-6H,3H2,1-2H3,(H,16,17). The lowest BCUT2D eigenvalue weighted by Crippen LogP contribution is -2.28. The van der Waals surface area contributed by atoms with Crippen LogP contribution in [0.4, 0.5) is 0 Å². The number of alkyl halides is 1. The van der Waals surface area contributed by atoms with Gasteiger partial charge < -0.3 is 14.3 Å². The zero-order valence-electron chi connectivity index (χ0n) is 10.8. The minimum absolute atomic E-state index is 0.102. The molecule has 1 atom stereocenters. The van der Waals surface area contributed by atoms with E-state index in [4.69, 9.17) is 14.3 Å². The van der Waals surface area contributed by atoms with Crippen molar-refractivity contribution in [3.8, 4) is 0 Å². The molecular weight excluding hydrogens is 330 g/mol. The van der Waals surface area contributed by atoms with E-state index in [1.165, 1.54) is 18.2 Å². The molecule has 0 bridgehead atoms. The maximum atomic E-state index is 11.9. The van der Waals surface area contributed by atoms with E-state index in [2.05, 4.69) is 20.9 Å². The molecule has 2 aromatic rings. The van der Waals surface area contributed by atoms with E-state index < -0.39 is 16.3 Å². The summed E-state index contributed by atoms with van der Waals surface area (Å²) >= 11 is 3.23. The number of oxazole rings is 1. The minimum atomic E-state index is -1.22. The largest absolute Gasteiger partial charge is 0.478 e. The molecule has 0 saturated carbocycles. The lowest BCUT2D eigenvalue weighted by atomic mass is 10.2. The van der Waals surface area contributed by atoms with E-state index in [1.807, 2.05) is 0 Å². The molecule has 1 unspecified atom stereocenters. The Morgan fingerprint density at radius 2 is 2.20 bits per heavy atom. The summed E-state index contributed by atoms with van der Waals surface area (Å²) in [6.45, 7) is 3.50. The number of carbonyl (C=O) groups excluding carboxylic acids is 1. The molecule has 0 spiro atoms. The van der Waals surface area contributed by atoms with Crippen molar-refractivity contribution in [2.75, 3.05) is 6.61 Å². The summed E-state index contributed by atoms with van der Waals surface area (Å²) in [5.74, 6) is -1.46. The first-order valence-electron chi connectivity index (χ1n) is 5.86. The molecule has 0 saturated heterocycles. The smallest absolute Gasteiger partial charge is 0.335 e. The van der Waals surface area contributed by atoms with E-state index in [0.717, 1.165) is 0 Å². The number of carboxylic acid groups (broad SMARTS) is 1. The number of hydrogen-bond acceptors (Lipinski definition) is 5. The first-order valence-corrected chi connectivity index (χ1v) is 6.66. The number of halogens is 1. The van der Waals surface area contributed by atoms with Crippen LogP contribution in [0.25, 0.3) is 11.1 Å². The zero-order valence-corrected chi connectivity index (χ0v) is 12.4. The lowest BCUT2D eigenvalue weighted by Gasteiger charge is -2.15. The van der Waals surface area contributed by atoms with Crippen molar-refractivity contribution >= 4 is 39.0 Å². The monoisotopic (exact) mass is 341 g/mol.